The van der Waals surface area contributed by atoms with Gasteiger partial charge in [0.2, 0.25) is 0 Å². The standard InChI is InChI=1S/C8H10N2O.ClH/c1-2-8(11)6-5-10-4-3-7(6)9;/h3-5H,2H2,1H3,(H2,9,10);1H. The summed E-state index contributed by atoms with van der Waals surface area (Å²) >= 11 is 0. The third kappa shape index (κ3) is 2.20. The Morgan fingerprint density at radius 2 is 2.33 bits per heavy atom. The zero-order valence-electron chi connectivity index (χ0n) is 6.78. The molecule has 4 heteroatoms. The number of rotatable bonds is 2. The molecule has 0 aliphatic heterocycles. The molecular weight excluding hydrogens is 176 g/mol. The van der Waals surface area contributed by atoms with Gasteiger partial charge in [0.1, 0.15) is 0 Å². The van der Waals surface area contributed by atoms with E-state index in [2.05, 4.69) is 4.98 Å². The van der Waals surface area contributed by atoms with Crippen molar-refractivity contribution in [1.82, 2.24) is 4.98 Å². The van der Waals surface area contributed by atoms with Gasteiger partial charge in [-0.3, -0.25) is 9.78 Å². The minimum atomic E-state index is 0. The number of nitrogens with zero attached hydrogens (tertiary/aromatic N) is 1. The van der Waals surface area contributed by atoms with E-state index in [9.17, 15) is 4.79 Å². The first kappa shape index (κ1) is 10.9. The smallest absolute Gasteiger partial charge is 0.166 e. The number of halogens is 1. The van der Waals surface area contributed by atoms with Gasteiger partial charge in [-0.15, -0.1) is 12.4 Å². The summed E-state index contributed by atoms with van der Waals surface area (Å²) in [5.74, 6) is 0.0376. The number of nitrogen functional groups attached to an aromatic ring is 1. The molecule has 0 radical (unpaired) electrons. The van der Waals surface area contributed by atoms with Crippen LogP contribution in [0.4, 0.5) is 5.69 Å². The molecule has 0 aliphatic carbocycles. The average molecular weight is 187 g/mol. The van der Waals surface area contributed by atoms with Crippen molar-refractivity contribution in [2.75, 3.05) is 5.73 Å². The molecule has 1 aromatic heterocycles. The molecule has 3 nitrogen and oxygen atoms in total. The Morgan fingerprint density at radius 3 is 2.83 bits per heavy atom. The zero-order chi connectivity index (χ0) is 8.27. The quantitative estimate of drug-likeness (QED) is 0.715. The van der Waals surface area contributed by atoms with Gasteiger partial charge in [0.05, 0.1) is 5.56 Å². The molecule has 0 amide bonds. The van der Waals surface area contributed by atoms with Crippen LogP contribution < -0.4 is 5.73 Å². The number of hydrogen-bond acceptors (Lipinski definition) is 3. The van der Waals surface area contributed by atoms with Gasteiger partial charge in [0.15, 0.2) is 5.78 Å². The number of Topliss-reactive ketones (excluding diaryl/α,β-unsaturated/α-hetero) is 1. The first-order valence-corrected chi connectivity index (χ1v) is 3.48. The van der Waals surface area contributed by atoms with Crippen molar-refractivity contribution in [3.8, 4) is 0 Å². The Morgan fingerprint density at radius 1 is 1.67 bits per heavy atom. The zero-order valence-corrected chi connectivity index (χ0v) is 7.60. The van der Waals surface area contributed by atoms with Gasteiger partial charge < -0.3 is 5.73 Å². The highest BCUT2D eigenvalue weighted by atomic mass is 35.5. The van der Waals surface area contributed by atoms with Crippen molar-refractivity contribution in [2.24, 2.45) is 0 Å². The Balaban J connectivity index is 0.00000121. The fourth-order valence-corrected chi connectivity index (χ4v) is 0.829. The Bertz CT molecular complexity index is 276. The van der Waals surface area contributed by atoms with E-state index in [1.807, 2.05) is 0 Å². The molecule has 0 bridgehead atoms. The normalized spacial score (nSPS) is 8.75. The minimum absolute atomic E-state index is 0. The van der Waals surface area contributed by atoms with E-state index in [0.29, 0.717) is 17.7 Å². The van der Waals surface area contributed by atoms with Crippen LogP contribution in [0.3, 0.4) is 0 Å². The molecular formula is C8H11ClN2O. The van der Waals surface area contributed by atoms with Crippen LogP contribution in [-0.2, 0) is 0 Å². The van der Waals surface area contributed by atoms with Crippen molar-refractivity contribution in [3.63, 3.8) is 0 Å². The average Bonchev–Trinajstić information content (AvgIpc) is 2.04. The maximum absolute atomic E-state index is 11.1. The Hall–Kier alpha value is -1.09. The summed E-state index contributed by atoms with van der Waals surface area (Å²) in [5, 5.41) is 0. The summed E-state index contributed by atoms with van der Waals surface area (Å²) in [4.78, 5) is 14.9. The van der Waals surface area contributed by atoms with Crippen LogP contribution in [0.2, 0.25) is 0 Å². The van der Waals surface area contributed by atoms with E-state index in [1.54, 1.807) is 19.2 Å². The van der Waals surface area contributed by atoms with Gasteiger partial charge in [-0.05, 0) is 6.07 Å². The topological polar surface area (TPSA) is 56.0 Å². The first-order chi connectivity index (χ1) is 5.25. The first-order valence-electron chi connectivity index (χ1n) is 3.48. The summed E-state index contributed by atoms with van der Waals surface area (Å²) in [7, 11) is 0. The highest BCUT2D eigenvalue weighted by Gasteiger charge is 2.05. The van der Waals surface area contributed by atoms with E-state index in [4.69, 9.17) is 5.73 Å². The van der Waals surface area contributed by atoms with Crippen LogP contribution in [0.1, 0.15) is 23.7 Å². The predicted octanol–water partition coefficient (Wildman–Crippen LogP) is 1.68. The molecule has 1 rings (SSSR count). The third-order valence-corrected chi connectivity index (χ3v) is 1.48. The van der Waals surface area contributed by atoms with Crippen LogP contribution in [0.5, 0.6) is 0 Å². The predicted molar refractivity (Wildman–Crippen MR) is 50.5 cm³/mol. The SMILES string of the molecule is CCC(=O)c1cnccc1N.Cl. The number of ketones is 1. The van der Waals surface area contributed by atoms with E-state index in [-0.39, 0.29) is 18.2 Å². The molecule has 0 saturated heterocycles. The fourth-order valence-electron chi connectivity index (χ4n) is 0.829. The van der Waals surface area contributed by atoms with Crippen LogP contribution in [0.15, 0.2) is 18.5 Å². The van der Waals surface area contributed by atoms with Crippen LogP contribution in [-0.4, -0.2) is 10.8 Å². The summed E-state index contributed by atoms with van der Waals surface area (Å²) in [6.45, 7) is 1.80. The number of pyridine rings is 1. The van der Waals surface area contributed by atoms with Crippen LogP contribution >= 0.6 is 12.4 Å². The summed E-state index contributed by atoms with van der Waals surface area (Å²) in [5.41, 5.74) is 6.57. The van der Waals surface area contributed by atoms with E-state index in [1.165, 1.54) is 6.20 Å². The van der Waals surface area contributed by atoms with Crippen LogP contribution in [0.25, 0.3) is 0 Å². The summed E-state index contributed by atoms with van der Waals surface area (Å²) in [6, 6.07) is 1.63. The lowest BCUT2D eigenvalue weighted by Gasteiger charge is -1.99. The van der Waals surface area contributed by atoms with E-state index < -0.39 is 0 Å². The largest absolute Gasteiger partial charge is 0.398 e. The van der Waals surface area contributed by atoms with Gasteiger partial charge in [0, 0.05) is 24.5 Å². The van der Waals surface area contributed by atoms with Crippen molar-refractivity contribution >= 4 is 23.9 Å². The van der Waals surface area contributed by atoms with Gasteiger partial charge in [0.25, 0.3) is 0 Å². The Labute approximate surface area is 77.4 Å². The number of anilines is 1. The number of carbonyl (C=O) groups is 1. The van der Waals surface area contributed by atoms with Gasteiger partial charge >= 0.3 is 0 Å². The van der Waals surface area contributed by atoms with Crippen LogP contribution in [0, 0.1) is 0 Å². The van der Waals surface area contributed by atoms with E-state index >= 15 is 0 Å². The molecule has 12 heavy (non-hydrogen) atoms. The molecule has 0 unspecified atom stereocenters. The molecule has 0 aromatic carbocycles. The van der Waals surface area contributed by atoms with Crippen molar-refractivity contribution in [3.05, 3.63) is 24.0 Å². The van der Waals surface area contributed by atoms with Gasteiger partial charge in [-0.2, -0.15) is 0 Å². The van der Waals surface area contributed by atoms with E-state index in [0.717, 1.165) is 0 Å². The molecule has 0 atom stereocenters. The van der Waals surface area contributed by atoms with Gasteiger partial charge in [-0.1, -0.05) is 6.92 Å². The second-order valence-corrected chi connectivity index (χ2v) is 2.24. The fraction of sp³-hybridized carbons (Fsp3) is 0.250. The van der Waals surface area contributed by atoms with Crippen molar-refractivity contribution in [1.29, 1.82) is 0 Å². The number of aromatic nitrogens is 1. The maximum Gasteiger partial charge on any atom is 0.166 e. The maximum atomic E-state index is 11.1. The molecule has 66 valence electrons. The lowest BCUT2D eigenvalue weighted by molar-refractivity contribution is 0.0988. The molecule has 0 saturated carbocycles. The number of hydrogen-bond donors (Lipinski definition) is 1. The van der Waals surface area contributed by atoms with Crippen molar-refractivity contribution < 1.29 is 4.79 Å². The lowest BCUT2D eigenvalue weighted by Crippen LogP contribution is -2.02. The molecule has 0 spiro atoms. The molecule has 1 aromatic rings. The molecule has 0 fully saturated rings. The summed E-state index contributed by atoms with van der Waals surface area (Å²) < 4.78 is 0. The lowest BCUT2D eigenvalue weighted by atomic mass is 10.1. The monoisotopic (exact) mass is 186 g/mol. The molecule has 1 heterocycles. The second kappa shape index (κ2) is 4.72. The number of nitrogens with two attached hydrogens (primary N) is 1. The Kier molecular flexibility index (Phi) is 4.29. The minimum Gasteiger partial charge on any atom is -0.398 e. The highest BCUT2D eigenvalue weighted by Crippen LogP contribution is 2.10. The molecule has 2 N–H and O–H groups in total. The third-order valence-electron chi connectivity index (χ3n) is 1.48. The number of carbonyl (C=O) groups excluding carboxylic acids is 1. The van der Waals surface area contributed by atoms with Gasteiger partial charge in [-0.25, -0.2) is 0 Å². The second-order valence-electron chi connectivity index (χ2n) is 2.24. The molecule has 0 aliphatic rings. The highest BCUT2D eigenvalue weighted by molar-refractivity contribution is 6.00. The summed E-state index contributed by atoms with van der Waals surface area (Å²) in [6.07, 6.45) is 3.54. The van der Waals surface area contributed by atoms with Crippen molar-refractivity contribution in [2.45, 2.75) is 13.3 Å².